The Morgan fingerprint density at radius 1 is 0.196 bits per heavy atom. The number of benzene rings is 10. The molecule has 4 unspecified atom stereocenters. The lowest BCUT2D eigenvalue weighted by Gasteiger charge is -2.49. The van der Waals surface area contributed by atoms with E-state index >= 15 is 0 Å². The topological polar surface area (TPSA) is 122 Å². The Labute approximate surface area is 571 Å². The fourth-order valence-electron chi connectivity index (χ4n) is 12.2. The summed E-state index contributed by atoms with van der Waals surface area (Å²) in [7, 11) is 0. The number of ether oxygens (including phenoxy) is 11. The Balaban J connectivity index is 0.000000197. The molecule has 2 saturated carbocycles. The van der Waals surface area contributed by atoms with Crippen molar-refractivity contribution in [3.63, 3.8) is 0 Å². The van der Waals surface area contributed by atoms with Crippen molar-refractivity contribution < 1.29 is 57.2 Å². The van der Waals surface area contributed by atoms with Gasteiger partial charge in [0, 0.05) is 0 Å². The summed E-state index contributed by atoms with van der Waals surface area (Å²) >= 11 is 0. The molecule has 1 N–H and O–H groups in total. The average Bonchev–Trinajstić information content (AvgIpc) is 0.790. The van der Waals surface area contributed by atoms with E-state index in [4.69, 9.17) is 52.1 Å². The number of aliphatic hydroxyl groups is 1. The van der Waals surface area contributed by atoms with Crippen molar-refractivity contribution in [2.75, 3.05) is 6.61 Å². The molecular weight excluding hydrogens is 1210 g/mol. The molecule has 0 saturated heterocycles. The van der Waals surface area contributed by atoms with Crippen LogP contribution in [0.4, 0.5) is 0 Å². The normalized spacial score (nSPS) is 22.2. The van der Waals surface area contributed by atoms with E-state index in [1.165, 1.54) is 0 Å². The molecule has 0 heterocycles. The Kier molecular flexibility index (Phi) is 27.6. The maximum absolute atomic E-state index is 12.2. The van der Waals surface area contributed by atoms with E-state index in [0.29, 0.717) is 72.7 Å². The lowest BCUT2D eigenvalue weighted by atomic mass is 9.83. The number of hydrogen-bond acceptors (Lipinski definition) is 12. The Morgan fingerprint density at radius 2 is 0.320 bits per heavy atom. The standard InChI is InChI=1S/C44H46O6.C41H42O6/c1-2-28-45-39-40(46-29-34-18-8-3-9-19-34)42(48-31-36-22-12-5-13-23-36)44(50-33-38-26-16-7-17-27-38)43(49-32-37-24-14-6-15-25-37)41(39)47-30-35-20-10-4-11-21-35;42-36-37(43-26-31-16-6-1-7-17-31)39(45-28-33-20-10-3-11-21-33)41(47-30-35-24-14-5-15-25-35)40(46-29-34-22-12-4-13-23-34)38(36)44-27-32-18-8-2-9-19-32/h2-27,39-44H,1,28-33H2;1-25,36-42H,26-30H2/t39?,40-,41-,42-,43+,44?;36?,37-,38-,39-,40+,41?/m11/s1. The highest BCUT2D eigenvalue weighted by atomic mass is 16.6. The van der Waals surface area contributed by atoms with Crippen LogP contribution in [0.25, 0.3) is 0 Å². The van der Waals surface area contributed by atoms with Crippen molar-refractivity contribution in [1.82, 2.24) is 0 Å². The highest BCUT2D eigenvalue weighted by Crippen LogP contribution is 2.38. The first-order valence-corrected chi connectivity index (χ1v) is 33.5. The zero-order valence-corrected chi connectivity index (χ0v) is 54.8. The Hall–Kier alpha value is -8.54. The van der Waals surface area contributed by atoms with Gasteiger partial charge in [-0.1, -0.05) is 309 Å². The van der Waals surface area contributed by atoms with Crippen LogP contribution in [-0.2, 0) is 118 Å². The first kappa shape index (κ1) is 69.8. The summed E-state index contributed by atoms with van der Waals surface area (Å²) in [5, 5.41) is 12.2. The molecule has 2 fully saturated rings. The van der Waals surface area contributed by atoms with Crippen LogP contribution in [0.1, 0.15) is 55.6 Å². The van der Waals surface area contributed by atoms with E-state index in [1.807, 2.05) is 243 Å². The molecule has 0 aromatic heterocycles. The van der Waals surface area contributed by atoms with Gasteiger partial charge in [0.2, 0.25) is 0 Å². The first-order chi connectivity index (χ1) is 48.0. The van der Waals surface area contributed by atoms with Gasteiger partial charge in [0.05, 0.1) is 72.7 Å². The van der Waals surface area contributed by atoms with Gasteiger partial charge in [-0.25, -0.2) is 0 Å². The first-order valence-electron chi connectivity index (χ1n) is 33.5. The quantitative estimate of drug-likeness (QED) is 0.0394. The lowest BCUT2D eigenvalue weighted by molar-refractivity contribution is -0.289. The van der Waals surface area contributed by atoms with Crippen molar-refractivity contribution in [2.45, 2.75) is 139 Å². The number of aliphatic hydroxyl groups excluding tert-OH is 1. The third-order valence-electron chi connectivity index (χ3n) is 17.2. The summed E-state index contributed by atoms with van der Waals surface area (Å²) < 4.78 is 74.3. The number of rotatable bonds is 33. The molecular formula is C85H88O12. The second-order valence-corrected chi connectivity index (χ2v) is 24.2. The van der Waals surface area contributed by atoms with Crippen LogP contribution in [0.3, 0.4) is 0 Å². The predicted octanol–water partition coefficient (Wildman–Crippen LogP) is 15.8. The zero-order chi connectivity index (χ0) is 66.3. The summed E-state index contributed by atoms with van der Waals surface area (Å²) in [4.78, 5) is 0. The molecule has 0 radical (unpaired) electrons. The van der Waals surface area contributed by atoms with Crippen LogP contribution in [0.2, 0.25) is 0 Å². The summed E-state index contributed by atoms with van der Waals surface area (Å²) in [5.74, 6) is 0. The SMILES string of the molecule is C=CCOC1[C@@H](OCc2ccccc2)[C@H](OCc2ccccc2)C(OCc2ccccc2)[C@H](OCc2ccccc2)[C@@H]1OCc1ccccc1.OC1[C@@H](OCc2ccccc2)[C@H](OCc2ccccc2)C(OCc2ccccc2)[C@H](OCc2ccccc2)[C@@H]1OCc1ccccc1. The number of hydrogen-bond donors (Lipinski definition) is 1. The molecule has 12 rings (SSSR count). The molecule has 2 aliphatic carbocycles. The molecule has 0 aliphatic heterocycles. The van der Waals surface area contributed by atoms with Crippen LogP contribution in [-0.4, -0.2) is 85.0 Å². The molecule has 12 heteroatoms. The van der Waals surface area contributed by atoms with E-state index in [-0.39, 0.29) is 0 Å². The average molecular weight is 1300 g/mol. The van der Waals surface area contributed by atoms with Crippen LogP contribution >= 0.6 is 0 Å². The van der Waals surface area contributed by atoms with Crippen molar-refractivity contribution in [1.29, 1.82) is 0 Å². The predicted molar refractivity (Wildman–Crippen MR) is 376 cm³/mol. The molecule has 0 bridgehead atoms. The fraction of sp³-hybridized carbons (Fsp3) is 0.271. The minimum Gasteiger partial charge on any atom is -0.387 e. The van der Waals surface area contributed by atoms with Gasteiger partial charge in [0.25, 0.3) is 0 Å². The third kappa shape index (κ3) is 21.2. The van der Waals surface area contributed by atoms with Crippen molar-refractivity contribution in [3.8, 4) is 0 Å². The Bertz CT molecular complexity index is 3520. The van der Waals surface area contributed by atoms with Gasteiger partial charge >= 0.3 is 0 Å². The van der Waals surface area contributed by atoms with E-state index in [2.05, 4.69) is 67.2 Å². The van der Waals surface area contributed by atoms with Gasteiger partial charge in [-0.2, -0.15) is 0 Å². The van der Waals surface area contributed by atoms with Crippen LogP contribution in [0, 0.1) is 0 Å². The lowest BCUT2D eigenvalue weighted by Crippen LogP contribution is -2.67. The van der Waals surface area contributed by atoms with E-state index in [1.54, 1.807) is 6.08 Å². The van der Waals surface area contributed by atoms with Gasteiger partial charge in [-0.05, 0) is 55.6 Å². The highest BCUT2D eigenvalue weighted by Gasteiger charge is 2.56. The monoisotopic (exact) mass is 1300 g/mol. The molecule has 0 spiro atoms. The van der Waals surface area contributed by atoms with E-state index in [9.17, 15) is 5.11 Å². The molecule has 500 valence electrons. The minimum absolute atomic E-state index is 0.292. The van der Waals surface area contributed by atoms with Gasteiger partial charge < -0.3 is 57.2 Å². The molecule has 12 nitrogen and oxygen atoms in total. The van der Waals surface area contributed by atoms with Gasteiger partial charge in [-0.3, -0.25) is 0 Å². The van der Waals surface area contributed by atoms with E-state index in [0.717, 1.165) is 55.6 Å². The van der Waals surface area contributed by atoms with Crippen LogP contribution in [0.5, 0.6) is 0 Å². The van der Waals surface area contributed by atoms with Crippen molar-refractivity contribution >= 4 is 0 Å². The molecule has 10 aromatic rings. The van der Waals surface area contributed by atoms with Gasteiger partial charge in [0.15, 0.2) is 0 Å². The zero-order valence-electron chi connectivity index (χ0n) is 54.8. The maximum atomic E-state index is 12.2. The van der Waals surface area contributed by atoms with Crippen molar-refractivity contribution in [3.05, 3.63) is 372 Å². The molecule has 12 atom stereocenters. The maximum Gasteiger partial charge on any atom is 0.116 e. The second kappa shape index (κ2) is 38.4. The minimum atomic E-state index is -1.07. The van der Waals surface area contributed by atoms with Crippen LogP contribution in [0.15, 0.2) is 316 Å². The summed E-state index contributed by atoms with van der Waals surface area (Å²) in [6, 6.07) is 101. The molecule has 97 heavy (non-hydrogen) atoms. The Morgan fingerprint density at radius 3 is 0.464 bits per heavy atom. The largest absolute Gasteiger partial charge is 0.387 e. The molecule has 10 aromatic carbocycles. The second-order valence-electron chi connectivity index (χ2n) is 24.2. The third-order valence-corrected chi connectivity index (χ3v) is 17.2. The highest BCUT2D eigenvalue weighted by molar-refractivity contribution is 5.22. The van der Waals surface area contributed by atoms with E-state index < -0.39 is 73.2 Å². The summed E-state index contributed by atoms with van der Waals surface area (Å²) in [6.07, 6.45) is -6.27. The van der Waals surface area contributed by atoms with Crippen LogP contribution < -0.4 is 0 Å². The fourth-order valence-corrected chi connectivity index (χ4v) is 12.2. The summed E-state index contributed by atoms with van der Waals surface area (Å²) in [6.45, 7) is 7.59. The van der Waals surface area contributed by atoms with Gasteiger partial charge in [-0.15, -0.1) is 6.58 Å². The van der Waals surface area contributed by atoms with Crippen molar-refractivity contribution in [2.24, 2.45) is 0 Å². The van der Waals surface area contributed by atoms with Gasteiger partial charge in [0.1, 0.15) is 73.2 Å². The summed E-state index contributed by atoms with van der Waals surface area (Å²) in [5.41, 5.74) is 10.2. The molecule has 2 aliphatic rings. The smallest absolute Gasteiger partial charge is 0.116 e. The molecule has 0 amide bonds.